The maximum absolute atomic E-state index is 4.53. The van der Waals surface area contributed by atoms with Crippen molar-refractivity contribution in [3.63, 3.8) is 0 Å². The fourth-order valence-corrected chi connectivity index (χ4v) is 3.36. The molecular weight excluding hydrogens is 392 g/mol. The summed E-state index contributed by atoms with van der Waals surface area (Å²) in [5.41, 5.74) is 3.26. The average Bonchev–Trinajstić information content (AvgIpc) is 2.47. The lowest BCUT2D eigenvalue weighted by atomic mass is 10.1. The Bertz CT molecular complexity index is 787. The van der Waals surface area contributed by atoms with Gasteiger partial charge in [0.25, 0.3) is 0 Å². The van der Waals surface area contributed by atoms with Crippen molar-refractivity contribution in [2.45, 2.75) is 13.0 Å². The van der Waals surface area contributed by atoms with Gasteiger partial charge in [0.2, 0.25) is 0 Å². The van der Waals surface area contributed by atoms with Crippen molar-refractivity contribution >= 4 is 48.5 Å². The van der Waals surface area contributed by atoms with Crippen molar-refractivity contribution in [3.05, 3.63) is 69.2 Å². The smallest absolute Gasteiger partial charge is 0.0934 e. The quantitative estimate of drug-likeness (QED) is 0.583. The molecule has 2 aromatic carbocycles. The Kier molecular flexibility index (Phi) is 4.27. The van der Waals surface area contributed by atoms with E-state index in [9.17, 15) is 0 Å². The third-order valence-corrected chi connectivity index (χ3v) is 4.58. The van der Waals surface area contributed by atoms with E-state index in [-0.39, 0.29) is 6.04 Å². The third-order valence-electron chi connectivity index (χ3n) is 3.42. The molecule has 0 fully saturated rings. The molecule has 3 aromatic rings. The van der Waals surface area contributed by atoms with Crippen LogP contribution >= 0.6 is 31.9 Å². The number of nitrogens with zero attached hydrogens (tertiary/aromatic N) is 1. The van der Waals surface area contributed by atoms with E-state index in [0.29, 0.717) is 0 Å². The normalized spacial score (nSPS) is 12.3. The molecule has 2 nitrogen and oxygen atoms in total. The highest BCUT2D eigenvalue weighted by Crippen LogP contribution is 2.29. The van der Waals surface area contributed by atoms with Crippen LogP contribution in [0.1, 0.15) is 18.5 Å². The fourth-order valence-electron chi connectivity index (χ4n) is 2.39. The zero-order valence-electron chi connectivity index (χ0n) is 11.5. The molecule has 1 unspecified atom stereocenters. The van der Waals surface area contributed by atoms with Crippen LogP contribution in [0.4, 0.5) is 5.69 Å². The van der Waals surface area contributed by atoms with Gasteiger partial charge in [0.15, 0.2) is 0 Å². The summed E-state index contributed by atoms with van der Waals surface area (Å²) in [5, 5.41) is 4.67. The number of anilines is 1. The number of hydrogen-bond acceptors (Lipinski definition) is 2. The summed E-state index contributed by atoms with van der Waals surface area (Å²) in [6, 6.07) is 16.7. The summed E-state index contributed by atoms with van der Waals surface area (Å²) < 4.78 is 2.10. The molecule has 0 bridgehead atoms. The monoisotopic (exact) mass is 404 g/mol. The van der Waals surface area contributed by atoms with Crippen LogP contribution in [0.25, 0.3) is 10.9 Å². The first-order chi connectivity index (χ1) is 10.1. The van der Waals surface area contributed by atoms with Gasteiger partial charge in [0.05, 0.1) is 11.2 Å². The van der Waals surface area contributed by atoms with Gasteiger partial charge in [-0.2, -0.15) is 0 Å². The van der Waals surface area contributed by atoms with Gasteiger partial charge in [0.1, 0.15) is 0 Å². The maximum Gasteiger partial charge on any atom is 0.0934 e. The van der Waals surface area contributed by atoms with Crippen LogP contribution < -0.4 is 5.32 Å². The summed E-state index contributed by atoms with van der Waals surface area (Å²) in [7, 11) is 0. The number of rotatable bonds is 3. The van der Waals surface area contributed by atoms with Gasteiger partial charge in [-0.15, -0.1) is 0 Å². The first-order valence-electron chi connectivity index (χ1n) is 6.70. The van der Waals surface area contributed by atoms with E-state index in [1.54, 1.807) is 0 Å². The highest BCUT2D eigenvalue weighted by molar-refractivity contribution is 9.10. The van der Waals surface area contributed by atoms with Crippen molar-refractivity contribution in [1.82, 2.24) is 4.98 Å². The highest BCUT2D eigenvalue weighted by atomic mass is 79.9. The zero-order chi connectivity index (χ0) is 14.8. The Morgan fingerprint density at radius 1 is 1.05 bits per heavy atom. The molecule has 0 spiro atoms. The van der Waals surface area contributed by atoms with Gasteiger partial charge in [-0.05, 0) is 46.6 Å². The number of nitrogens with one attached hydrogen (secondary N) is 1. The van der Waals surface area contributed by atoms with E-state index in [4.69, 9.17) is 0 Å². The van der Waals surface area contributed by atoms with Crippen molar-refractivity contribution < 1.29 is 0 Å². The zero-order valence-corrected chi connectivity index (χ0v) is 14.6. The van der Waals surface area contributed by atoms with Crippen molar-refractivity contribution in [3.8, 4) is 0 Å². The molecule has 1 aromatic heterocycles. The Hall–Kier alpha value is -1.39. The Morgan fingerprint density at radius 3 is 2.67 bits per heavy atom. The molecule has 21 heavy (non-hydrogen) atoms. The first kappa shape index (κ1) is 14.5. The van der Waals surface area contributed by atoms with E-state index in [0.717, 1.165) is 25.5 Å². The summed E-state index contributed by atoms with van der Waals surface area (Å²) in [5.74, 6) is 0. The standard InChI is InChI=1S/C17H14Br2N2/c1-11(14-6-2-3-7-15(14)19)21-16-8-4-5-12-9-13(18)10-20-17(12)16/h2-11,21H,1H3. The fraction of sp³-hybridized carbons (Fsp3) is 0.118. The van der Waals surface area contributed by atoms with Gasteiger partial charge < -0.3 is 5.32 Å². The third kappa shape index (κ3) is 3.11. The second kappa shape index (κ2) is 6.16. The number of aromatic nitrogens is 1. The SMILES string of the molecule is CC(Nc1cccc2cc(Br)cnc12)c1ccccc1Br. The molecule has 1 atom stereocenters. The molecule has 0 aliphatic rings. The van der Waals surface area contributed by atoms with Gasteiger partial charge in [-0.1, -0.05) is 46.3 Å². The molecule has 0 saturated carbocycles. The van der Waals surface area contributed by atoms with E-state index < -0.39 is 0 Å². The van der Waals surface area contributed by atoms with E-state index in [1.165, 1.54) is 5.56 Å². The van der Waals surface area contributed by atoms with Crippen LogP contribution in [-0.4, -0.2) is 4.98 Å². The lowest BCUT2D eigenvalue weighted by Gasteiger charge is -2.18. The summed E-state index contributed by atoms with van der Waals surface area (Å²) in [4.78, 5) is 4.53. The summed E-state index contributed by atoms with van der Waals surface area (Å²) in [6.45, 7) is 2.15. The molecule has 0 radical (unpaired) electrons. The largest absolute Gasteiger partial charge is 0.377 e. The van der Waals surface area contributed by atoms with Crippen molar-refractivity contribution in [2.75, 3.05) is 5.32 Å². The summed E-state index contributed by atoms with van der Waals surface area (Å²) >= 11 is 7.07. The highest BCUT2D eigenvalue weighted by Gasteiger charge is 2.10. The lowest BCUT2D eigenvalue weighted by molar-refractivity contribution is 0.880. The minimum atomic E-state index is 0.191. The van der Waals surface area contributed by atoms with Gasteiger partial charge in [-0.25, -0.2) is 0 Å². The number of para-hydroxylation sites is 1. The van der Waals surface area contributed by atoms with Crippen LogP contribution in [0, 0.1) is 0 Å². The van der Waals surface area contributed by atoms with Crippen molar-refractivity contribution in [1.29, 1.82) is 0 Å². The second-order valence-electron chi connectivity index (χ2n) is 4.92. The maximum atomic E-state index is 4.53. The van der Waals surface area contributed by atoms with Crippen LogP contribution in [0.5, 0.6) is 0 Å². The van der Waals surface area contributed by atoms with E-state index in [2.05, 4.69) is 85.5 Å². The molecule has 0 saturated heterocycles. The molecule has 3 rings (SSSR count). The predicted octanol–water partition coefficient (Wildman–Crippen LogP) is 5.93. The second-order valence-corrected chi connectivity index (χ2v) is 6.69. The lowest BCUT2D eigenvalue weighted by Crippen LogP contribution is -2.07. The van der Waals surface area contributed by atoms with Crippen LogP contribution in [0.15, 0.2) is 63.7 Å². The number of pyridine rings is 1. The van der Waals surface area contributed by atoms with Crippen LogP contribution in [-0.2, 0) is 0 Å². The molecule has 4 heteroatoms. The Labute approximate surface area is 140 Å². The van der Waals surface area contributed by atoms with Gasteiger partial charge >= 0.3 is 0 Å². The van der Waals surface area contributed by atoms with E-state index in [1.807, 2.05) is 18.3 Å². The number of benzene rings is 2. The minimum absolute atomic E-state index is 0.191. The molecule has 0 amide bonds. The number of halogens is 2. The molecule has 1 heterocycles. The van der Waals surface area contributed by atoms with Crippen LogP contribution in [0.2, 0.25) is 0 Å². The topological polar surface area (TPSA) is 24.9 Å². The molecule has 106 valence electrons. The molecule has 0 aliphatic heterocycles. The average molecular weight is 406 g/mol. The van der Waals surface area contributed by atoms with E-state index >= 15 is 0 Å². The molecular formula is C17H14Br2N2. The van der Waals surface area contributed by atoms with Gasteiger partial charge in [0, 0.05) is 26.6 Å². The van der Waals surface area contributed by atoms with Crippen LogP contribution in [0.3, 0.4) is 0 Å². The predicted molar refractivity (Wildman–Crippen MR) is 95.6 cm³/mol. The van der Waals surface area contributed by atoms with Gasteiger partial charge in [-0.3, -0.25) is 4.98 Å². The Morgan fingerprint density at radius 2 is 1.86 bits per heavy atom. The summed E-state index contributed by atoms with van der Waals surface area (Å²) in [6.07, 6.45) is 1.83. The molecule has 1 N–H and O–H groups in total. The molecule has 0 aliphatic carbocycles. The van der Waals surface area contributed by atoms with Crippen molar-refractivity contribution in [2.24, 2.45) is 0 Å². The number of hydrogen-bond donors (Lipinski definition) is 1. The Balaban J connectivity index is 1.97. The minimum Gasteiger partial charge on any atom is -0.377 e. The first-order valence-corrected chi connectivity index (χ1v) is 8.29. The number of fused-ring (bicyclic) bond motifs is 1.